The molecule has 10 heavy (non-hydrogen) atoms. The van der Waals surface area contributed by atoms with E-state index < -0.39 is 12.0 Å². The Balaban J connectivity index is 0. The van der Waals surface area contributed by atoms with Crippen LogP contribution in [-0.2, 0) is 4.79 Å². The predicted octanol–water partition coefficient (Wildman–Crippen LogP) is 0.530. The van der Waals surface area contributed by atoms with Crippen LogP contribution < -0.4 is 5.73 Å². The molecular weight excluding hydrogens is 174 g/mol. The third-order valence-electron chi connectivity index (χ3n) is 0.990. The van der Waals surface area contributed by atoms with E-state index >= 15 is 0 Å². The SMILES string of the molecule is Cl.NC(CCCS)C(=O)O. The Kier molecular flexibility index (Phi) is 9.13. The summed E-state index contributed by atoms with van der Waals surface area (Å²) in [4.78, 5) is 10.1. The van der Waals surface area contributed by atoms with Crippen molar-refractivity contribution in [2.24, 2.45) is 5.73 Å². The largest absolute Gasteiger partial charge is 0.480 e. The van der Waals surface area contributed by atoms with E-state index in [2.05, 4.69) is 12.6 Å². The topological polar surface area (TPSA) is 63.3 Å². The number of hydrogen-bond donors (Lipinski definition) is 3. The molecule has 0 fully saturated rings. The lowest BCUT2D eigenvalue weighted by Crippen LogP contribution is -2.29. The normalized spacial score (nSPS) is 11.8. The van der Waals surface area contributed by atoms with Gasteiger partial charge in [-0.2, -0.15) is 12.6 Å². The van der Waals surface area contributed by atoms with Gasteiger partial charge < -0.3 is 10.8 Å². The van der Waals surface area contributed by atoms with E-state index in [0.29, 0.717) is 12.2 Å². The standard InChI is InChI=1S/C5H11NO2S.ClH/c6-4(5(7)8)2-1-3-9;/h4,9H,1-3,6H2,(H,7,8);1H. The van der Waals surface area contributed by atoms with E-state index in [1.165, 1.54) is 0 Å². The van der Waals surface area contributed by atoms with Gasteiger partial charge in [0.1, 0.15) is 6.04 Å². The van der Waals surface area contributed by atoms with Gasteiger partial charge in [-0.3, -0.25) is 4.79 Å². The summed E-state index contributed by atoms with van der Waals surface area (Å²) in [6, 6.07) is -0.711. The second-order valence-electron chi connectivity index (χ2n) is 1.81. The molecule has 0 aromatic carbocycles. The number of aliphatic carboxylic acids is 1. The summed E-state index contributed by atoms with van der Waals surface area (Å²) in [7, 11) is 0. The number of carboxylic acids is 1. The fourth-order valence-electron chi connectivity index (χ4n) is 0.435. The van der Waals surface area contributed by atoms with Crippen LogP contribution in [0.25, 0.3) is 0 Å². The molecule has 0 saturated heterocycles. The van der Waals surface area contributed by atoms with Crippen molar-refractivity contribution in [2.45, 2.75) is 18.9 Å². The van der Waals surface area contributed by atoms with Gasteiger partial charge in [0.05, 0.1) is 0 Å². The summed E-state index contributed by atoms with van der Waals surface area (Å²) in [6.07, 6.45) is 1.27. The van der Waals surface area contributed by atoms with E-state index in [4.69, 9.17) is 10.8 Å². The summed E-state index contributed by atoms with van der Waals surface area (Å²) in [5.41, 5.74) is 5.17. The Bertz CT molecular complexity index is 102. The van der Waals surface area contributed by atoms with Crippen LogP contribution in [0.2, 0.25) is 0 Å². The number of halogens is 1. The fraction of sp³-hybridized carbons (Fsp3) is 0.800. The number of carboxylic acid groups (broad SMARTS) is 1. The van der Waals surface area contributed by atoms with Crippen molar-refractivity contribution in [1.82, 2.24) is 0 Å². The third kappa shape index (κ3) is 6.19. The molecule has 0 rings (SSSR count). The first-order valence-electron chi connectivity index (χ1n) is 2.77. The average Bonchev–Trinajstić information content (AvgIpc) is 1.82. The van der Waals surface area contributed by atoms with Crippen molar-refractivity contribution >= 4 is 31.0 Å². The minimum atomic E-state index is -0.934. The van der Waals surface area contributed by atoms with Crippen LogP contribution in [-0.4, -0.2) is 22.9 Å². The molecule has 1 unspecified atom stereocenters. The summed E-state index contributed by atoms with van der Waals surface area (Å²) >= 11 is 3.92. The van der Waals surface area contributed by atoms with E-state index in [0.717, 1.165) is 6.42 Å². The molecule has 0 aromatic heterocycles. The van der Waals surface area contributed by atoms with Gasteiger partial charge >= 0.3 is 5.97 Å². The molecule has 3 nitrogen and oxygen atoms in total. The molecule has 0 heterocycles. The van der Waals surface area contributed by atoms with E-state index in [1.807, 2.05) is 0 Å². The van der Waals surface area contributed by atoms with Gasteiger partial charge in [-0.05, 0) is 18.6 Å². The summed E-state index contributed by atoms with van der Waals surface area (Å²) in [5, 5.41) is 8.26. The van der Waals surface area contributed by atoms with Gasteiger partial charge in [0.25, 0.3) is 0 Å². The van der Waals surface area contributed by atoms with Crippen molar-refractivity contribution in [3.8, 4) is 0 Å². The molecule has 3 N–H and O–H groups in total. The molecule has 62 valence electrons. The monoisotopic (exact) mass is 185 g/mol. The molecule has 0 saturated carbocycles. The smallest absolute Gasteiger partial charge is 0.320 e. The van der Waals surface area contributed by atoms with Gasteiger partial charge in [-0.25, -0.2) is 0 Å². The molecule has 1 atom stereocenters. The number of thiol groups is 1. The van der Waals surface area contributed by atoms with Crippen molar-refractivity contribution in [2.75, 3.05) is 5.75 Å². The maximum absolute atomic E-state index is 10.1. The Morgan fingerprint density at radius 2 is 2.20 bits per heavy atom. The minimum Gasteiger partial charge on any atom is -0.480 e. The molecular formula is C5H12ClNO2S. The van der Waals surface area contributed by atoms with Crippen molar-refractivity contribution < 1.29 is 9.90 Å². The van der Waals surface area contributed by atoms with Crippen LogP contribution >= 0.6 is 25.0 Å². The summed E-state index contributed by atoms with van der Waals surface area (Å²) in [5.74, 6) is -0.238. The Morgan fingerprint density at radius 3 is 2.50 bits per heavy atom. The Labute approximate surface area is 71.8 Å². The van der Waals surface area contributed by atoms with Gasteiger partial charge in [0.2, 0.25) is 0 Å². The van der Waals surface area contributed by atoms with Gasteiger partial charge in [0, 0.05) is 0 Å². The lowest BCUT2D eigenvalue weighted by atomic mass is 10.2. The quantitative estimate of drug-likeness (QED) is 0.560. The maximum atomic E-state index is 10.1. The lowest BCUT2D eigenvalue weighted by Gasteiger charge is -2.02. The summed E-state index contributed by atoms with van der Waals surface area (Å²) < 4.78 is 0. The summed E-state index contributed by atoms with van der Waals surface area (Å²) in [6.45, 7) is 0. The van der Waals surface area contributed by atoms with E-state index in [-0.39, 0.29) is 12.4 Å². The predicted molar refractivity (Wildman–Crippen MR) is 45.9 cm³/mol. The number of hydrogen-bond acceptors (Lipinski definition) is 3. The molecule has 0 bridgehead atoms. The fourth-order valence-corrected chi connectivity index (χ4v) is 0.617. The van der Waals surface area contributed by atoms with Gasteiger partial charge in [-0.1, -0.05) is 0 Å². The minimum absolute atomic E-state index is 0. The zero-order chi connectivity index (χ0) is 7.28. The highest BCUT2D eigenvalue weighted by Gasteiger charge is 2.08. The van der Waals surface area contributed by atoms with Crippen LogP contribution in [0.3, 0.4) is 0 Å². The van der Waals surface area contributed by atoms with Crippen LogP contribution in [0.15, 0.2) is 0 Å². The van der Waals surface area contributed by atoms with Gasteiger partial charge in [0.15, 0.2) is 0 Å². The molecule has 0 aliphatic carbocycles. The molecule has 0 spiro atoms. The second kappa shape index (κ2) is 7.18. The zero-order valence-corrected chi connectivity index (χ0v) is 7.20. The highest BCUT2D eigenvalue weighted by molar-refractivity contribution is 7.80. The lowest BCUT2D eigenvalue weighted by molar-refractivity contribution is -0.138. The van der Waals surface area contributed by atoms with Crippen LogP contribution in [0.1, 0.15) is 12.8 Å². The number of nitrogens with two attached hydrogens (primary N) is 1. The van der Waals surface area contributed by atoms with Crippen LogP contribution in [0.4, 0.5) is 0 Å². The van der Waals surface area contributed by atoms with Crippen LogP contribution in [0, 0.1) is 0 Å². The molecule has 0 radical (unpaired) electrons. The van der Waals surface area contributed by atoms with Gasteiger partial charge in [-0.15, -0.1) is 12.4 Å². The number of rotatable bonds is 4. The first-order valence-corrected chi connectivity index (χ1v) is 3.41. The second-order valence-corrected chi connectivity index (χ2v) is 2.26. The van der Waals surface area contributed by atoms with E-state index in [1.54, 1.807) is 0 Å². The van der Waals surface area contributed by atoms with Crippen LogP contribution in [0.5, 0.6) is 0 Å². The molecule has 5 heteroatoms. The Morgan fingerprint density at radius 1 is 1.70 bits per heavy atom. The first kappa shape index (κ1) is 12.7. The van der Waals surface area contributed by atoms with Crippen molar-refractivity contribution in [3.05, 3.63) is 0 Å². The van der Waals surface area contributed by atoms with E-state index in [9.17, 15) is 4.79 Å². The highest BCUT2D eigenvalue weighted by Crippen LogP contribution is 1.95. The molecule has 0 aromatic rings. The first-order chi connectivity index (χ1) is 4.18. The van der Waals surface area contributed by atoms with Crippen molar-refractivity contribution in [1.29, 1.82) is 0 Å². The molecule has 0 aliphatic rings. The third-order valence-corrected chi connectivity index (χ3v) is 1.31. The molecule has 0 amide bonds. The average molecular weight is 186 g/mol. The highest BCUT2D eigenvalue weighted by atomic mass is 35.5. The van der Waals surface area contributed by atoms with Crippen molar-refractivity contribution in [3.63, 3.8) is 0 Å². The number of carbonyl (C=O) groups is 1. The zero-order valence-electron chi connectivity index (χ0n) is 5.49. The molecule has 0 aliphatic heterocycles. The maximum Gasteiger partial charge on any atom is 0.320 e. The Hall–Kier alpha value is 0.0700.